The molecule has 3 aromatic carbocycles. The zero-order valence-corrected chi connectivity index (χ0v) is 16.3. The second-order valence-electron chi connectivity index (χ2n) is 7.69. The molecule has 142 valence electrons. The quantitative estimate of drug-likeness (QED) is 0.337. The number of rotatable bonds is 4. The van der Waals surface area contributed by atoms with Gasteiger partial charge in [0.1, 0.15) is 0 Å². The van der Waals surface area contributed by atoms with E-state index in [2.05, 4.69) is 25.7 Å². The van der Waals surface area contributed by atoms with E-state index in [9.17, 15) is 4.79 Å². The lowest BCUT2D eigenvalue weighted by Crippen LogP contribution is -2.16. The number of carbonyl (C=O) groups is 1. The third-order valence-electron chi connectivity index (χ3n) is 4.68. The van der Waals surface area contributed by atoms with Crippen LogP contribution >= 0.6 is 0 Å². The van der Waals surface area contributed by atoms with Gasteiger partial charge in [-0.15, -0.1) is 0 Å². The van der Waals surface area contributed by atoms with Crippen molar-refractivity contribution in [1.29, 1.82) is 0 Å². The molecule has 3 nitrogen and oxygen atoms in total. The fourth-order valence-corrected chi connectivity index (χ4v) is 3.31. The highest BCUT2D eigenvalue weighted by Gasteiger charge is 2.23. The average Bonchev–Trinajstić information content (AvgIpc) is 2.72. The Morgan fingerprint density at radius 1 is 0.821 bits per heavy atom. The van der Waals surface area contributed by atoms with Gasteiger partial charge in [0.2, 0.25) is 0 Å². The van der Waals surface area contributed by atoms with Gasteiger partial charge in [-0.25, -0.2) is 4.79 Å². The summed E-state index contributed by atoms with van der Waals surface area (Å²) in [4.78, 5) is 16.3. The van der Waals surface area contributed by atoms with Crippen molar-refractivity contribution >= 4 is 17.6 Å². The molecule has 0 aliphatic heterocycles. The predicted molar refractivity (Wildman–Crippen MR) is 113 cm³/mol. The van der Waals surface area contributed by atoms with Gasteiger partial charge in [-0.3, -0.25) is 4.89 Å². The molecule has 0 saturated heterocycles. The van der Waals surface area contributed by atoms with Crippen molar-refractivity contribution in [3.05, 3.63) is 107 Å². The molecule has 3 heteroatoms. The maximum atomic E-state index is 12.3. The average molecular weight is 372 g/mol. The first-order valence-electron chi connectivity index (χ1n) is 9.23. The van der Waals surface area contributed by atoms with Crippen molar-refractivity contribution in [1.82, 2.24) is 0 Å². The molecule has 0 radical (unpaired) electrons. The molecule has 0 saturated carbocycles. The molecule has 3 rings (SSSR count). The summed E-state index contributed by atoms with van der Waals surface area (Å²) in [5.74, 6) is -0.766. The Morgan fingerprint density at radius 2 is 1.36 bits per heavy atom. The molecule has 0 amide bonds. The van der Waals surface area contributed by atoms with Gasteiger partial charge in [-0.05, 0) is 45.4 Å². The van der Waals surface area contributed by atoms with E-state index >= 15 is 0 Å². The maximum Gasteiger partial charge on any atom is 0.373 e. The Bertz CT molecular complexity index is 940. The predicted octanol–water partition coefficient (Wildman–Crippen LogP) is 6.20. The Balaban J connectivity index is 2.33. The van der Waals surface area contributed by atoms with Gasteiger partial charge in [-0.1, -0.05) is 93.6 Å². The summed E-state index contributed by atoms with van der Waals surface area (Å²) in [7, 11) is 0. The second-order valence-corrected chi connectivity index (χ2v) is 7.69. The van der Waals surface area contributed by atoms with Gasteiger partial charge in [-0.2, -0.15) is 5.26 Å². The Morgan fingerprint density at radius 3 is 1.82 bits per heavy atom. The van der Waals surface area contributed by atoms with Gasteiger partial charge in [0, 0.05) is 0 Å². The molecule has 0 aromatic heterocycles. The molecular weight excluding hydrogens is 348 g/mol. The topological polar surface area (TPSA) is 46.5 Å². The van der Waals surface area contributed by atoms with Gasteiger partial charge in [0.25, 0.3) is 0 Å². The lowest BCUT2D eigenvalue weighted by molar-refractivity contribution is -0.182. The molecule has 0 aliphatic rings. The van der Waals surface area contributed by atoms with Crippen LogP contribution in [0.1, 0.15) is 53.4 Å². The minimum Gasteiger partial charge on any atom is -0.295 e. The van der Waals surface area contributed by atoms with Crippen LogP contribution < -0.4 is 0 Å². The van der Waals surface area contributed by atoms with Crippen molar-refractivity contribution in [2.24, 2.45) is 0 Å². The van der Waals surface area contributed by atoms with Crippen LogP contribution in [0.5, 0.6) is 0 Å². The lowest BCUT2D eigenvalue weighted by Gasteiger charge is -2.23. The van der Waals surface area contributed by atoms with Gasteiger partial charge in [0.15, 0.2) is 0 Å². The molecule has 0 heterocycles. The summed E-state index contributed by atoms with van der Waals surface area (Å²) in [6, 6.07) is 25.6. The molecule has 3 aromatic rings. The summed E-state index contributed by atoms with van der Waals surface area (Å²) in [6.45, 7) is 6.29. The first-order valence-corrected chi connectivity index (χ1v) is 9.23. The molecular formula is C25H24O3. The van der Waals surface area contributed by atoms with E-state index in [0.29, 0.717) is 5.56 Å². The van der Waals surface area contributed by atoms with Crippen LogP contribution in [0.15, 0.2) is 78.9 Å². The van der Waals surface area contributed by atoms with E-state index in [0.717, 1.165) is 27.8 Å². The molecule has 0 fully saturated rings. The van der Waals surface area contributed by atoms with Crippen LogP contribution in [-0.2, 0) is 10.3 Å². The van der Waals surface area contributed by atoms with Crippen molar-refractivity contribution in [3.8, 4) is 0 Å². The van der Waals surface area contributed by atoms with Gasteiger partial charge < -0.3 is 0 Å². The minimum atomic E-state index is -0.766. The van der Waals surface area contributed by atoms with Crippen LogP contribution in [0.4, 0.5) is 0 Å². The monoisotopic (exact) mass is 372 g/mol. The highest BCUT2D eigenvalue weighted by molar-refractivity contribution is 5.99. The van der Waals surface area contributed by atoms with E-state index in [1.165, 1.54) is 0 Å². The van der Waals surface area contributed by atoms with Crippen LogP contribution in [0.3, 0.4) is 0 Å². The summed E-state index contributed by atoms with van der Waals surface area (Å²) < 4.78 is 0. The van der Waals surface area contributed by atoms with Crippen LogP contribution in [0.2, 0.25) is 0 Å². The van der Waals surface area contributed by atoms with Crippen molar-refractivity contribution in [2.75, 3.05) is 0 Å². The normalized spacial score (nSPS) is 11.0. The Labute approximate surface area is 165 Å². The smallest absolute Gasteiger partial charge is 0.295 e. The number of carbonyl (C=O) groups excluding carboxylic acids is 1. The molecule has 28 heavy (non-hydrogen) atoms. The maximum absolute atomic E-state index is 12.3. The van der Waals surface area contributed by atoms with Crippen molar-refractivity contribution < 1.29 is 14.9 Å². The van der Waals surface area contributed by atoms with E-state index in [4.69, 9.17) is 5.26 Å². The highest BCUT2D eigenvalue weighted by atomic mass is 17.1. The van der Waals surface area contributed by atoms with Crippen LogP contribution in [0.25, 0.3) is 11.6 Å². The van der Waals surface area contributed by atoms with Crippen LogP contribution in [-0.4, -0.2) is 11.2 Å². The number of hydrogen-bond donors (Lipinski definition) is 1. The summed E-state index contributed by atoms with van der Waals surface area (Å²) in [5, 5.41) is 9.00. The van der Waals surface area contributed by atoms with Crippen LogP contribution in [0, 0.1) is 0 Å². The van der Waals surface area contributed by atoms with E-state index < -0.39 is 5.97 Å². The first kappa shape index (κ1) is 19.6. The molecule has 0 unspecified atom stereocenters. The minimum absolute atomic E-state index is 0.198. The number of benzene rings is 3. The van der Waals surface area contributed by atoms with E-state index in [-0.39, 0.29) is 5.41 Å². The molecule has 0 bridgehead atoms. The summed E-state index contributed by atoms with van der Waals surface area (Å²) in [5.41, 5.74) is 4.96. The molecule has 0 spiro atoms. The lowest BCUT2D eigenvalue weighted by atomic mass is 9.81. The third-order valence-corrected chi connectivity index (χ3v) is 4.68. The second kappa shape index (κ2) is 8.24. The Hall–Kier alpha value is -3.17. The van der Waals surface area contributed by atoms with E-state index in [1.54, 1.807) is 6.07 Å². The Kier molecular flexibility index (Phi) is 5.76. The number of hydrogen-bond acceptors (Lipinski definition) is 3. The molecule has 1 N–H and O–H groups in total. The fraction of sp³-hybridized carbons (Fsp3) is 0.160. The van der Waals surface area contributed by atoms with Gasteiger partial charge >= 0.3 is 5.97 Å². The largest absolute Gasteiger partial charge is 0.373 e. The van der Waals surface area contributed by atoms with Crippen molar-refractivity contribution in [3.63, 3.8) is 0 Å². The van der Waals surface area contributed by atoms with Crippen molar-refractivity contribution in [2.45, 2.75) is 26.2 Å². The summed E-state index contributed by atoms with van der Waals surface area (Å²) >= 11 is 0. The molecule has 0 atom stereocenters. The zero-order chi connectivity index (χ0) is 20.1. The molecule has 0 aliphatic carbocycles. The van der Waals surface area contributed by atoms with Gasteiger partial charge in [0.05, 0.1) is 5.56 Å². The standard InChI is InChI=1S/C25H24O3/c1-25(2,3)23-16-10-15-20(24(26)28-27)22(23)17-21(18-11-6-4-7-12-18)19-13-8-5-9-14-19/h4-17,27H,1-3H3. The SMILES string of the molecule is CC(C)(C)c1cccc(C(=O)OO)c1C=C(c1ccccc1)c1ccccc1. The fourth-order valence-electron chi connectivity index (χ4n) is 3.31. The van der Waals surface area contributed by atoms with E-state index in [1.807, 2.05) is 78.9 Å². The third kappa shape index (κ3) is 4.21. The zero-order valence-electron chi connectivity index (χ0n) is 16.3. The summed E-state index contributed by atoms with van der Waals surface area (Å²) in [6.07, 6.45) is 2.01. The first-order chi connectivity index (χ1) is 13.4. The highest BCUT2D eigenvalue weighted by Crippen LogP contribution is 2.33.